The van der Waals surface area contributed by atoms with E-state index < -0.39 is 0 Å². The molecule has 0 saturated heterocycles. The van der Waals surface area contributed by atoms with Gasteiger partial charge in [0.05, 0.1) is 12.2 Å². The number of nitrogens with zero attached hydrogens (tertiary/aromatic N) is 2. The number of carbonyl (C=O) groups excluding carboxylic acids is 1. The fourth-order valence-corrected chi connectivity index (χ4v) is 1.08. The van der Waals surface area contributed by atoms with Crippen LogP contribution >= 0.6 is 0 Å². The van der Waals surface area contributed by atoms with Gasteiger partial charge in [-0.05, 0) is 13.8 Å². The third-order valence-electron chi connectivity index (χ3n) is 2.36. The van der Waals surface area contributed by atoms with Gasteiger partial charge in [-0.3, -0.25) is 9.48 Å². The average Bonchev–Trinajstić information content (AvgIpc) is 2.44. The highest BCUT2D eigenvalue weighted by Gasteiger charge is 2.09. The van der Waals surface area contributed by atoms with Gasteiger partial charge >= 0.3 is 0 Å². The van der Waals surface area contributed by atoms with Crippen molar-refractivity contribution in [1.82, 2.24) is 15.1 Å². The molecule has 1 aromatic heterocycles. The van der Waals surface area contributed by atoms with Crippen LogP contribution in [0, 0.1) is 6.92 Å². The minimum absolute atomic E-state index is 0.311. The van der Waals surface area contributed by atoms with E-state index in [2.05, 4.69) is 10.4 Å². The second kappa shape index (κ2) is 4.23. The normalized spacial score (nSPS) is 12.8. The number of nitrogens with one attached hydrogen (secondary N) is 1. The van der Waals surface area contributed by atoms with Gasteiger partial charge in [-0.15, -0.1) is 0 Å². The first-order valence-corrected chi connectivity index (χ1v) is 4.52. The zero-order chi connectivity index (χ0) is 10.7. The zero-order valence-corrected chi connectivity index (χ0v) is 8.74. The molecule has 1 unspecified atom stereocenters. The van der Waals surface area contributed by atoms with Crippen molar-refractivity contribution in [3.63, 3.8) is 0 Å². The van der Waals surface area contributed by atoms with Crippen LogP contribution in [0.3, 0.4) is 0 Å². The standard InChI is InChI=1S/C9H16N4O/c1-6(9(10)14)11-4-8-5-12-13(3)7(8)2/h5-6,11H,4H2,1-3H3,(H2,10,14). The van der Waals surface area contributed by atoms with Crippen LogP contribution in [-0.2, 0) is 18.4 Å². The van der Waals surface area contributed by atoms with E-state index in [1.165, 1.54) is 0 Å². The van der Waals surface area contributed by atoms with Crippen LogP contribution in [0.1, 0.15) is 18.2 Å². The summed E-state index contributed by atoms with van der Waals surface area (Å²) in [6, 6.07) is -0.311. The quantitative estimate of drug-likeness (QED) is 0.694. The molecule has 1 atom stereocenters. The molecule has 0 fully saturated rings. The lowest BCUT2D eigenvalue weighted by Gasteiger charge is -2.09. The second-order valence-corrected chi connectivity index (χ2v) is 3.38. The van der Waals surface area contributed by atoms with Gasteiger partial charge < -0.3 is 11.1 Å². The molecular weight excluding hydrogens is 180 g/mol. The maximum atomic E-state index is 10.7. The molecule has 0 spiro atoms. The van der Waals surface area contributed by atoms with Gasteiger partial charge in [0.1, 0.15) is 0 Å². The van der Waals surface area contributed by atoms with Crippen LogP contribution in [0.4, 0.5) is 0 Å². The van der Waals surface area contributed by atoms with Gasteiger partial charge in [0.15, 0.2) is 0 Å². The van der Waals surface area contributed by atoms with E-state index in [9.17, 15) is 4.79 Å². The molecule has 0 aliphatic rings. The molecule has 0 radical (unpaired) electrons. The molecular formula is C9H16N4O. The average molecular weight is 196 g/mol. The fourth-order valence-electron chi connectivity index (χ4n) is 1.08. The zero-order valence-electron chi connectivity index (χ0n) is 8.74. The molecule has 1 amide bonds. The summed E-state index contributed by atoms with van der Waals surface area (Å²) in [5.74, 6) is -0.341. The van der Waals surface area contributed by atoms with E-state index in [1.807, 2.05) is 14.0 Å². The number of carbonyl (C=O) groups is 1. The summed E-state index contributed by atoms with van der Waals surface area (Å²) in [6.45, 7) is 4.34. The molecule has 0 aromatic carbocycles. The molecule has 78 valence electrons. The molecule has 1 aromatic rings. The smallest absolute Gasteiger partial charge is 0.234 e. The Hall–Kier alpha value is -1.36. The number of amides is 1. The first-order valence-electron chi connectivity index (χ1n) is 4.52. The van der Waals surface area contributed by atoms with E-state index in [0.717, 1.165) is 11.3 Å². The van der Waals surface area contributed by atoms with Crippen molar-refractivity contribution in [1.29, 1.82) is 0 Å². The van der Waals surface area contributed by atoms with Crippen molar-refractivity contribution in [2.24, 2.45) is 12.8 Å². The second-order valence-electron chi connectivity index (χ2n) is 3.38. The summed E-state index contributed by atoms with van der Waals surface area (Å²) >= 11 is 0. The maximum absolute atomic E-state index is 10.7. The molecule has 3 N–H and O–H groups in total. The molecule has 0 aliphatic carbocycles. The number of primary amides is 1. The number of aryl methyl sites for hydroxylation is 1. The predicted octanol–water partition coefficient (Wildman–Crippen LogP) is -0.308. The van der Waals surface area contributed by atoms with E-state index >= 15 is 0 Å². The van der Waals surface area contributed by atoms with Crippen molar-refractivity contribution in [3.05, 3.63) is 17.5 Å². The van der Waals surface area contributed by atoms with Crippen molar-refractivity contribution in [2.45, 2.75) is 26.4 Å². The molecule has 1 heterocycles. The van der Waals surface area contributed by atoms with Crippen molar-refractivity contribution >= 4 is 5.91 Å². The fraction of sp³-hybridized carbons (Fsp3) is 0.556. The molecule has 0 saturated carbocycles. The lowest BCUT2D eigenvalue weighted by Crippen LogP contribution is -2.38. The monoisotopic (exact) mass is 196 g/mol. The largest absolute Gasteiger partial charge is 0.368 e. The Kier molecular flexibility index (Phi) is 3.24. The van der Waals surface area contributed by atoms with Gasteiger partial charge in [0, 0.05) is 24.8 Å². The van der Waals surface area contributed by atoms with Gasteiger partial charge in [0.2, 0.25) is 5.91 Å². The number of hydrogen-bond acceptors (Lipinski definition) is 3. The minimum atomic E-state index is -0.341. The van der Waals surface area contributed by atoms with Crippen LogP contribution in [0.15, 0.2) is 6.20 Å². The summed E-state index contributed by atoms with van der Waals surface area (Å²) in [7, 11) is 1.89. The topological polar surface area (TPSA) is 72.9 Å². The predicted molar refractivity (Wildman–Crippen MR) is 53.4 cm³/mol. The van der Waals surface area contributed by atoms with Gasteiger partial charge in [-0.1, -0.05) is 0 Å². The van der Waals surface area contributed by atoms with E-state index in [0.29, 0.717) is 6.54 Å². The number of hydrogen-bond donors (Lipinski definition) is 2. The van der Waals surface area contributed by atoms with Crippen molar-refractivity contribution in [3.8, 4) is 0 Å². The molecule has 5 heteroatoms. The minimum Gasteiger partial charge on any atom is -0.368 e. The third kappa shape index (κ3) is 2.32. The lowest BCUT2D eigenvalue weighted by atomic mass is 10.2. The van der Waals surface area contributed by atoms with Gasteiger partial charge in [-0.25, -0.2) is 0 Å². The van der Waals surface area contributed by atoms with Crippen LogP contribution in [0.25, 0.3) is 0 Å². The Morgan fingerprint density at radius 3 is 2.86 bits per heavy atom. The van der Waals surface area contributed by atoms with Crippen molar-refractivity contribution < 1.29 is 4.79 Å². The molecule has 0 bridgehead atoms. The van der Waals surface area contributed by atoms with Crippen LogP contribution in [0.2, 0.25) is 0 Å². The molecule has 0 aliphatic heterocycles. The Balaban J connectivity index is 2.54. The Morgan fingerprint density at radius 2 is 2.43 bits per heavy atom. The van der Waals surface area contributed by atoms with E-state index in [-0.39, 0.29) is 11.9 Å². The lowest BCUT2D eigenvalue weighted by molar-refractivity contribution is -0.119. The molecule has 1 rings (SSSR count). The number of aromatic nitrogens is 2. The Labute approximate surface area is 83.3 Å². The Bertz CT molecular complexity index is 332. The highest BCUT2D eigenvalue weighted by atomic mass is 16.1. The van der Waals surface area contributed by atoms with Crippen LogP contribution in [0.5, 0.6) is 0 Å². The van der Waals surface area contributed by atoms with Crippen LogP contribution < -0.4 is 11.1 Å². The summed E-state index contributed by atoms with van der Waals surface area (Å²) in [6.07, 6.45) is 1.79. The van der Waals surface area contributed by atoms with Gasteiger partial charge in [-0.2, -0.15) is 5.10 Å². The van der Waals surface area contributed by atoms with Gasteiger partial charge in [0.25, 0.3) is 0 Å². The highest BCUT2D eigenvalue weighted by Crippen LogP contribution is 2.04. The van der Waals surface area contributed by atoms with Crippen molar-refractivity contribution in [2.75, 3.05) is 0 Å². The highest BCUT2D eigenvalue weighted by molar-refractivity contribution is 5.79. The number of nitrogens with two attached hydrogens (primary N) is 1. The number of rotatable bonds is 4. The summed E-state index contributed by atoms with van der Waals surface area (Å²) in [5.41, 5.74) is 7.30. The SMILES string of the molecule is Cc1c(CNC(C)C(N)=O)cnn1C. The molecule has 5 nitrogen and oxygen atoms in total. The summed E-state index contributed by atoms with van der Waals surface area (Å²) in [5, 5.41) is 7.12. The maximum Gasteiger partial charge on any atom is 0.234 e. The third-order valence-corrected chi connectivity index (χ3v) is 2.36. The van der Waals surface area contributed by atoms with E-state index in [4.69, 9.17) is 5.73 Å². The van der Waals surface area contributed by atoms with Crippen LogP contribution in [-0.4, -0.2) is 21.7 Å². The first kappa shape index (κ1) is 10.7. The summed E-state index contributed by atoms with van der Waals surface area (Å²) < 4.78 is 1.80. The summed E-state index contributed by atoms with van der Waals surface area (Å²) in [4.78, 5) is 10.7. The molecule has 14 heavy (non-hydrogen) atoms. The first-order chi connectivity index (χ1) is 6.52. The van der Waals surface area contributed by atoms with E-state index in [1.54, 1.807) is 17.8 Å². The Morgan fingerprint density at radius 1 is 1.79 bits per heavy atom.